The fraction of sp³-hybridized carbons (Fsp3) is 0. The summed E-state index contributed by atoms with van der Waals surface area (Å²) in [5.41, 5.74) is 16.0. The third-order valence-corrected chi connectivity index (χ3v) is 18.8. The number of thiophene rings is 2. The van der Waals surface area contributed by atoms with Gasteiger partial charge in [0, 0.05) is 133 Å². The zero-order chi connectivity index (χ0) is 53.4. The summed E-state index contributed by atoms with van der Waals surface area (Å²) in [6.07, 6.45) is 0. The van der Waals surface area contributed by atoms with E-state index < -0.39 is 7.12 Å². The molecule has 0 atom stereocenters. The van der Waals surface area contributed by atoms with Crippen molar-refractivity contribution in [3.63, 3.8) is 0 Å². The van der Waals surface area contributed by atoms with Crippen molar-refractivity contribution >= 4 is 163 Å². The van der Waals surface area contributed by atoms with Crippen molar-refractivity contribution in [1.29, 1.82) is 0 Å². The maximum atomic E-state index is 9.97. The van der Waals surface area contributed by atoms with Crippen LogP contribution in [0, 0.1) is 0 Å². The molecular weight excluding hydrogens is 1040 g/mol. The van der Waals surface area contributed by atoms with Crippen molar-refractivity contribution in [2.45, 2.75) is 0 Å². The summed E-state index contributed by atoms with van der Waals surface area (Å²) in [4.78, 5) is 0. The second-order valence-electron chi connectivity index (χ2n) is 20.7. The highest BCUT2D eigenvalue weighted by Crippen LogP contribution is 2.50. The van der Waals surface area contributed by atoms with Gasteiger partial charge in [-0.05, 0) is 18.2 Å². The van der Waals surface area contributed by atoms with Gasteiger partial charge in [-0.15, -0.1) is 22.7 Å². The molecule has 0 radical (unpaired) electrons. The lowest BCUT2D eigenvalue weighted by atomic mass is 9.79. The molecule has 6 aromatic heterocycles. The number of rotatable bonds is 5. The predicted molar refractivity (Wildman–Crippen MR) is 339 cm³/mol. The van der Waals surface area contributed by atoms with E-state index in [0.717, 1.165) is 116 Å². The Morgan fingerprint density at radius 2 is 0.469 bits per heavy atom. The van der Waals surface area contributed by atoms with E-state index >= 15 is 0 Å². The summed E-state index contributed by atoms with van der Waals surface area (Å²) in [7, 11) is -1.61. The lowest BCUT2D eigenvalue weighted by molar-refractivity contribution is 0.425. The quantitative estimate of drug-likeness (QED) is 0.167. The highest BCUT2D eigenvalue weighted by atomic mass is 32.1. The molecule has 12 aromatic carbocycles. The third-order valence-electron chi connectivity index (χ3n) is 16.3. The Labute approximate surface area is 469 Å². The average molecular weight is 1080 g/mol. The van der Waals surface area contributed by atoms with Crippen LogP contribution < -0.4 is 5.46 Å². The van der Waals surface area contributed by atoms with Crippen LogP contribution in [0.5, 0.6) is 0 Å². The monoisotopic (exact) mass is 1080 g/mol. The van der Waals surface area contributed by atoms with Gasteiger partial charge < -0.3 is 27.7 Å². The molecule has 0 saturated carbocycles. The van der Waals surface area contributed by atoms with Crippen molar-refractivity contribution in [2.24, 2.45) is 0 Å². The molecule has 81 heavy (non-hydrogen) atoms. The summed E-state index contributed by atoms with van der Waals surface area (Å²) in [6, 6.07) is 81.9. The first kappa shape index (κ1) is 46.2. The van der Waals surface area contributed by atoms with Crippen LogP contribution in [0.3, 0.4) is 0 Å². The van der Waals surface area contributed by atoms with Crippen LogP contribution in [0.15, 0.2) is 254 Å². The Morgan fingerprint density at radius 1 is 0.222 bits per heavy atom. The van der Waals surface area contributed by atoms with E-state index in [9.17, 15) is 10.0 Å². The molecule has 0 saturated heterocycles. The van der Waals surface area contributed by atoms with Gasteiger partial charge in [0.05, 0.1) is 0 Å². The minimum Gasteiger partial charge on any atom is -0.456 e. The van der Waals surface area contributed by atoms with Crippen LogP contribution in [-0.4, -0.2) is 17.2 Å². The molecule has 18 aromatic rings. The van der Waals surface area contributed by atoms with E-state index in [1.807, 2.05) is 78.1 Å². The molecular formula is C72H41BO6S2. The smallest absolute Gasteiger partial charge is 0.456 e. The van der Waals surface area contributed by atoms with Gasteiger partial charge in [-0.3, -0.25) is 0 Å². The van der Waals surface area contributed by atoms with E-state index in [0.29, 0.717) is 11.0 Å². The summed E-state index contributed by atoms with van der Waals surface area (Å²) < 4.78 is 30.6. The average Bonchev–Trinajstić information content (AvgIpc) is 4.58. The van der Waals surface area contributed by atoms with Crippen molar-refractivity contribution in [3.8, 4) is 44.5 Å². The van der Waals surface area contributed by atoms with Crippen LogP contribution in [0.25, 0.3) is 173 Å². The van der Waals surface area contributed by atoms with Crippen molar-refractivity contribution in [2.75, 3.05) is 0 Å². The van der Waals surface area contributed by atoms with Gasteiger partial charge >= 0.3 is 7.12 Å². The molecule has 0 bridgehead atoms. The second kappa shape index (κ2) is 17.9. The highest BCUT2D eigenvalue weighted by Gasteiger charge is 2.24. The Kier molecular flexibility index (Phi) is 10.2. The first-order chi connectivity index (χ1) is 40.0. The Balaban J connectivity index is 0.000000129. The van der Waals surface area contributed by atoms with E-state index in [1.165, 1.54) is 51.5 Å². The molecule has 0 aliphatic carbocycles. The van der Waals surface area contributed by atoms with Crippen molar-refractivity contribution < 1.29 is 27.7 Å². The normalized spacial score (nSPS) is 12.1. The van der Waals surface area contributed by atoms with Gasteiger partial charge in [-0.1, -0.05) is 218 Å². The van der Waals surface area contributed by atoms with E-state index in [-0.39, 0.29) is 0 Å². The Morgan fingerprint density at radius 3 is 0.802 bits per heavy atom. The standard InChI is InChI=1S/C36H21BO4S.C36H20O2S/c38-37(39)30-18-7-13-23-22-10-4-12-25(33(22)41-34(23)30)27-15-6-17-29-28-16-5-14-26(35(28)42-36(27)29)24-11-3-9-21-20-8-1-2-19-31(20)40-32(21)24;1-3-19-31-21(9-1)23-11-5-13-25(33(23)37-31)27-15-7-17-29-30-18-8-16-28(36(30)39-35(27)29)26-14-6-12-24-22-10-2-4-20-32(22)38-34(24)26/h1-19,38-39H;1-20H. The van der Waals surface area contributed by atoms with Crippen LogP contribution in [0.4, 0.5) is 0 Å². The van der Waals surface area contributed by atoms with Crippen molar-refractivity contribution in [1.82, 2.24) is 0 Å². The number of hydrogen-bond acceptors (Lipinski definition) is 8. The first-order valence-electron chi connectivity index (χ1n) is 26.9. The Bertz CT molecular complexity index is 5440. The van der Waals surface area contributed by atoms with E-state index in [4.69, 9.17) is 17.7 Å². The van der Waals surface area contributed by atoms with Gasteiger partial charge in [0.25, 0.3) is 0 Å². The number of furan rings is 4. The molecule has 6 nitrogen and oxygen atoms in total. The van der Waals surface area contributed by atoms with Crippen LogP contribution in [0.1, 0.15) is 0 Å². The van der Waals surface area contributed by atoms with Gasteiger partial charge in [-0.25, -0.2) is 0 Å². The van der Waals surface area contributed by atoms with Crippen molar-refractivity contribution in [3.05, 3.63) is 237 Å². The van der Waals surface area contributed by atoms with Gasteiger partial charge in [0.1, 0.15) is 44.7 Å². The van der Waals surface area contributed by atoms with Crippen LogP contribution in [0.2, 0.25) is 0 Å². The SMILES string of the molecule is OB(O)c1cccc2c1oc1c(-c3cccc4c3sc3c(-c5cccc6c5oc5ccccc56)cccc34)cccc12.c1ccc2c(c1)oc1c(-c3cccc4c3sc3c(-c5cccc6c5oc5ccccc56)cccc34)cccc12. The fourth-order valence-electron chi connectivity index (χ4n) is 12.6. The lowest BCUT2D eigenvalue weighted by Gasteiger charge is -2.04. The Hall–Kier alpha value is -9.74. The molecule has 0 aliphatic heterocycles. The largest absolute Gasteiger partial charge is 0.492 e. The van der Waals surface area contributed by atoms with E-state index in [2.05, 4.69) is 164 Å². The van der Waals surface area contributed by atoms with Crippen LogP contribution >= 0.6 is 22.7 Å². The molecule has 0 unspecified atom stereocenters. The number of hydrogen-bond donors (Lipinski definition) is 2. The fourth-order valence-corrected chi connectivity index (χ4v) is 15.3. The molecule has 380 valence electrons. The maximum Gasteiger partial charge on any atom is 0.492 e. The van der Waals surface area contributed by atoms with Crippen LogP contribution in [-0.2, 0) is 0 Å². The maximum absolute atomic E-state index is 9.97. The molecule has 0 spiro atoms. The first-order valence-corrected chi connectivity index (χ1v) is 28.6. The zero-order valence-electron chi connectivity index (χ0n) is 42.9. The zero-order valence-corrected chi connectivity index (χ0v) is 44.6. The number of fused-ring (bicyclic) bond motifs is 18. The topological polar surface area (TPSA) is 93.0 Å². The summed E-state index contributed by atoms with van der Waals surface area (Å²) in [5.74, 6) is 0. The van der Waals surface area contributed by atoms with Gasteiger partial charge in [-0.2, -0.15) is 0 Å². The molecule has 6 heterocycles. The predicted octanol–water partition coefficient (Wildman–Crippen LogP) is 20.1. The molecule has 18 rings (SSSR count). The summed E-state index contributed by atoms with van der Waals surface area (Å²) in [6.45, 7) is 0. The third kappa shape index (κ3) is 6.94. The number of benzene rings is 12. The molecule has 2 N–H and O–H groups in total. The molecule has 0 fully saturated rings. The minimum absolute atomic E-state index is 0.360. The molecule has 9 heteroatoms. The molecule has 0 amide bonds. The van der Waals surface area contributed by atoms with Gasteiger partial charge in [0.2, 0.25) is 0 Å². The lowest BCUT2D eigenvalue weighted by Crippen LogP contribution is -2.29. The summed E-state index contributed by atoms with van der Waals surface area (Å²) in [5, 5.41) is 33.5. The second-order valence-corrected chi connectivity index (χ2v) is 22.7. The minimum atomic E-state index is -1.61. The summed E-state index contributed by atoms with van der Waals surface area (Å²) >= 11 is 3.63. The number of para-hydroxylation sites is 8. The highest BCUT2D eigenvalue weighted by molar-refractivity contribution is 7.27. The molecule has 0 aliphatic rings. The van der Waals surface area contributed by atoms with Gasteiger partial charge in [0.15, 0.2) is 0 Å². The van der Waals surface area contributed by atoms with E-state index in [1.54, 1.807) is 17.4 Å².